The highest BCUT2D eigenvalue weighted by Crippen LogP contribution is 2.38. The zero-order chi connectivity index (χ0) is 21.4. The van der Waals surface area contributed by atoms with E-state index in [0.717, 1.165) is 29.9 Å². The molecule has 1 aromatic carbocycles. The summed E-state index contributed by atoms with van der Waals surface area (Å²) in [4.78, 5) is 28.0. The lowest BCUT2D eigenvalue weighted by Crippen LogP contribution is -2.49. The lowest BCUT2D eigenvalue weighted by Gasteiger charge is -2.34. The van der Waals surface area contributed by atoms with Gasteiger partial charge in [0.1, 0.15) is 0 Å². The molecule has 2 aromatic rings. The quantitative estimate of drug-likeness (QED) is 0.786. The van der Waals surface area contributed by atoms with E-state index in [1.165, 1.54) is 50.9 Å². The molecule has 31 heavy (non-hydrogen) atoms. The number of amides is 3. The highest BCUT2D eigenvalue weighted by atomic mass is 16.2. The Hall–Kier alpha value is -2.45. The van der Waals surface area contributed by atoms with Gasteiger partial charge in [-0.15, -0.1) is 0 Å². The van der Waals surface area contributed by atoms with Gasteiger partial charge in [-0.05, 0) is 55.2 Å². The second kappa shape index (κ2) is 8.59. The number of carbonyl (C=O) groups excluding carboxylic acids is 2. The molecule has 3 heterocycles. The molecule has 2 saturated heterocycles. The number of rotatable bonds is 4. The van der Waals surface area contributed by atoms with E-state index in [2.05, 4.69) is 38.8 Å². The van der Waals surface area contributed by atoms with Crippen LogP contribution in [0.2, 0.25) is 0 Å². The normalized spacial score (nSPS) is 25.8. The van der Waals surface area contributed by atoms with Gasteiger partial charge >= 0.3 is 6.03 Å². The van der Waals surface area contributed by atoms with Gasteiger partial charge in [-0.1, -0.05) is 6.07 Å². The maximum absolute atomic E-state index is 12.3. The van der Waals surface area contributed by atoms with Crippen molar-refractivity contribution in [3.8, 4) is 0 Å². The summed E-state index contributed by atoms with van der Waals surface area (Å²) in [6, 6.07) is 6.18. The zero-order valence-electron chi connectivity index (χ0n) is 18.3. The molecule has 0 radical (unpaired) electrons. The number of imide groups is 1. The predicted molar refractivity (Wildman–Crippen MR) is 120 cm³/mol. The number of aromatic nitrogens is 2. The Kier molecular flexibility index (Phi) is 5.67. The van der Waals surface area contributed by atoms with Gasteiger partial charge in [0.25, 0.3) is 0 Å². The Bertz CT molecular complexity index is 972. The molecular weight excluding hydrogens is 392 g/mol. The Morgan fingerprint density at radius 2 is 1.84 bits per heavy atom. The van der Waals surface area contributed by atoms with E-state index in [9.17, 15) is 9.59 Å². The first-order chi connectivity index (χ1) is 15.1. The van der Waals surface area contributed by atoms with Gasteiger partial charge in [0.15, 0.2) is 5.82 Å². The molecule has 0 bridgehead atoms. The van der Waals surface area contributed by atoms with Crippen LogP contribution < -0.4 is 15.5 Å². The van der Waals surface area contributed by atoms with Gasteiger partial charge in [0.05, 0.1) is 5.52 Å². The Labute approximate surface area is 182 Å². The highest BCUT2D eigenvalue weighted by molar-refractivity contribution is 6.08. The summed E-state index contributed by atoms with van der Waals surface area (Å²) in [5.74, 6) is 1.82. The maximum Gasteiger partial charge on any atom is 0.329 e. The second-order valence-corrected chi connectivity index (χ2v) is 9.25. The summed E-state index contributed by atoms with van der Waals surface area (Å²) >= 11 is 0. The van der Waals surface area contributed by atoms with Crippen molar-refractivity contribution < 1.29 is 9.59 Å². The molecule has 1 aromatic heterocycles. The summed E-state index contributed by atoms with van der Waals surface area (Å²) in [5.41, 5.74) is 2.42. The second-order valence-electron chi connectivity index (χ2n) is 9.25. The Morgan fingerprint density at radius 3 is 2.58 bits per heavy atom. The van der Waals surface area contributed by atoms with E-state index in [1.54, 1.807) is 4.90 Å². The minimum absolute atomic E-state index is 0.226. The largest absolute Gasteiger partial charge is 0.329 e. The zero-order valence-corrected chi connectivity index (χ0v) is 18.3. The van der Waals surface area contributed by atoms with Crippen LogP contribution in [-0.4, -0.2) is 65.9 Å². The molecule has 1 saturated carbocycles. The molecule has 5 rings (SSSR count). The fraction of sp³-hybridized carbons (Fsp3) is 0.609. The first-order valence-electron chi connectivity index (χ1n) is 11.6. The van der Waals surface area contributed by atoms with Crippen molar-refractivity contribution in [2.45, 2.75) is 38.0 Å². The van der Waals surface area contributed by atoms with Crippen molar-refractivity contribution in [1.82, 2.24) is 25.3 Å². The third-order valence-electron chi connectivity index (χ3n) is 7.21. The van der Waals surface area contributed by atoms with E-state index < -0.39 is 0 Å². The van der Waals surface area contributed by atoms with Crippen molar-refractivity contribution in [3.63, 3.8) is 0 Å². The third-order valence-corrected chi connectivity index (χ3v) is 7.21. The van der Waals surface area contributed by atoms with Crippen LogP contribution in [0.1, 0.15) is 43.6 Å². The van der Waals surface area contributed by atoms with Gasteiger partial charge in [-0.2, -0.15) is 5.10 Å². The Morgan fingerprint density at radius 1 is 1.06 bits per heavy atom. The fourth-order valence-electron chi connectivity index (χ4n) is 5.41. The molecule has 0 unspecified atom stereocenters. The predicted octanol–water partition coefficient (Wildman–Crippen LogP) is 2.20. The van der Waals surface area contributed by atoms with Crippen LogP contribution in [0.3, 0.4) is 0 Å². The van der Waals surface area contributed by atoms with Gasteiger partial charge in [-0.25, -0.2) is 4.79 Å². The highest BCUT2D eigenvalue weighted by Gasteiger charge is 2.29. The molecule has 8 heteroatoms. The Balaban J connectivity index is 1.28. The summed E-state index contributed by atoms with van der Waals surface area (Å²) in [5, 5.41) is 11.4. The van der Waals surface area contributed by atoms with Crippen LogP contribution in [0, 0.1) is 5.92 Å². The fourth-order valence-corrected chi connectivity index (χ4v) is 5.41. The third kappa shape index (κ3) is 4.19. The summed E-state index contributed by atoms with van der Waals surface area (Å²) in [7, 11) is 1.92. The van der Waals surface area contributed by atoms with Crippen molar-refractivity contribution in [3.05, 3.63) is 23.8 Å². The smallest absolute Gasteiger partial charge is 0.314 e. The number of anilines is 1. The molecule has 2 aliphatic heterocycles. The molecule has 3 aliphatic rings. The van der Waals surface area contributed by atoms with Crippen LogP contribution in [0.4, 0.5) is 10.6 Å². The average Bonchev–Trinajstić information content (AvgIpc) is 3.11. The number of nitrogens with zero attached hydrogens (tertiary/aromatic N) is 4. The number of carbonyl (C=O) groups is 2. The molecule has 2 N–H and O–H groups in total. The van der Waals surface area contributed by atoms with Crippen LogP contribution in [0.5, 0.6) is 0 Å². The van der Waals surface area contributed by atoms with Crippen LogP contribution in [-0.2, 0) is 11.8 Å². The van der Waals surface area contributed by atoms with E-state index in [-0.39, 0.29) is 11.9 Å². The van der Waals surface area contributed by atoms with E-state index >= 15 is 0 Å². The average molecular weight is 425 g/mol. The molecule has 3 amide bonds. The molecule has 0 spiro atoms. The van der Waals surface area contributed by atoms with Gasteiger partial charge in [-0.3, -0.25) is 19.7 Å². The molecule has 0 atom stereocenters. The number of hydrogen-bond donors (Lipinski definition) is 2. The lowest BCUT2D eigenvalue weighted by molar-refractivity contribution is -0.120. The van der Waals surface area contributed by atoms with Gasteiger partial charge in [0, 0.05) is 58.1 Å². The molecule has 3 fully saturated rings. The molecule has 1 aliphatic carbocycles. The minimum atomic E-state index is -0.386. The summed E-state index contributed by atoms with van der Waals surface area (Å²) < 4.78 is 1.86. The van der Waals surface area contributed by atoms with Gasteiger partial charge in [0.2, 0.25) is 5.91 Å². The van der Waals surface area contributed by atoms with Crippen LogP contribution in [0.25, 0.3) is 10.9 Å². The number of piperazine rings is 1. The molecular formula is C23H32N6O2. The van der Waals surface area contributed by atoms with Gasteiger partial charge < -0.3 is 10.2 Å². The first kappa shape index (κ1) is 20.5. The summed E-state index contributed by atoms with van der Waals surface area (Å²) in [6.45, 7) is 6.23. The number of aryl methyl sites for hydroxylation is 1. The maximum atomic E-state index is 12.3. The number of benzene rings is 1. The van der Waals surface area contributed by atoms with Crippen molar-refractivity contribution in [2.75, 3.05) is 44.2 Å². The SMILES string of the molecule is Cn1nc(N2CCC(=O)NC2=O)c2ccc(C3CCC(CN4CCNCC4)CC3)cc21. The van der Waals surface area contributed by atoms with E-state index in [4.69, 9.17) is 0 Å². The number of nitrogens with one attached hydrogen (secondary N) is 2. The van der Waals surface area contributed by atoms with Crippen molar-refractivity contribution in [2.24, 2.45) is 13.0 Å². The first-order valence-corrected chi connectivity index (χ1v) is 11.6. The summed E-state index contributed by atoms with van der Waals surface area (Å²) in [6.07, 6.45) is 5.38. The van der Waals surface area contributed by atoms with Crippen molar-refractivity contribution >= 4 is 28.7 Å². The molecule has 166 valence electrons. The lowest BCUT2D eigenvalue weighted by atomic mass is 9.78. The van der Waals surface area contributed by atoms with Crippen LogP contribution in [0.15, 0.2) is 18.2 Å². The number of urea groups is 1. The van der Waals surface area contributed by atoms with E-state index in [1.807, 2.05) is 11.7 Å². The monoisotopic (exact) mass is 424 g/mol. The van der Waals surface area contributed by atoms with Crippen LogP contribution >= 0.6 is 0 Å². The number of hydrogen-bond acceptors (Lipinski definition) is 5. The topological polar surface area (TPSA) is 82.5 Å². The van der Waals surface area contributed by atoms with E-state index in [0.29, 0.717) is 24.7 Å². The standard InChI is InChI=1S/C23H32N6O2/c1-27-20-14-18(17-4-2-16(3-5-17)15-28-12-9-24-10-13-28)6-7-19(20)22(26-27)29-11-8-21(30)25-23(29)31/h6-7,14,16-17,24H,2-5,8-13,15H2,1H3,(H,25,30,31). The number of fused-ring (bicyclic) bond motifs is 1. The minimum Gasteiger partial charge on any atom is -0.314 e. The van der Waals surface area contributed by atoms with Crippen molar-refractivity contribution in [1.29, 1.82) is 0 Å². The molecule has 8 nitrogen and oxygen atoms in total.